The molecule has 1 aliphatic heterocycles. The number of hydrogen-bond donors (Lipinski definition) is 1. The van der Waals surface area contributed by atoms with Crippen LogP contribution < -0.4 is 10.1 Å². The number of ether oxygens (including phenoxy) is 2. The Labute approximate surface area is 122 Å². The lowest BCUT2D eigenvalue weighted by molar-refractivity contribution is 0.0382. The molecule has 0 aliphatic carbocycles. The molecule has 1 saturated heterocycles. The predicted octanol–water partition coefficient (Wildman–Crippen LogP) is 1.99. The fourth-order valence-electron chi connectivity index (χ4n) is 2.57. The van der Waals surface area contributed by atoms with E-state index in [9.17, 15) is 0 Å². The van der Waals surface area contributed by atoms with Gasteiger partial charge in [-0.2, -0.15) is 0 Å². The Bertz CT molecular complexity index is 417. The van der Waals surface area contributed by atoms with Crippen LogP contribution >= 0.6 is 0 Å². The Kier molecular flexibility index (Phi) is 5.83. The van der Waals surface area contributed by atoms with Crippen molar-refractivity contribution in [2.24, 2.45) is 0 Å². The molecule has 1 aliphatic rings. The molecule has 4 heteroatoms. The van der Waals surface area contributed by atoms with Crippen molar-refractivity contribution < 1.29 is 9.47 Å². The van der Waals surface area contributed by atoms with E-state index in [4.69, 9.17) is 9.47 Å². The first-order chi connectivity index (χ1) is 9.70. The molecule has 1 N–H and O–H groups in total. The van der Waals surface area contributed by atoms with Crippen LogP contribution in [0, 0.1) is 6.92 Å². The first kappa shape index (κ1) is 15.3. The van der Waals surface area contributed by atoms with Gasteiger partial charge in [-0.25, -0.2) is 0 Å². The van der Waals surface area contributed by atoms with E-state index in [0.717, 1.165) is 45.1 Å². The van der Waals surface area contributed by atoms with Crippen LogP contribution in [-0.4, -0.2) is 51.4 Å². The van der Waals surface area contributed by atoms with E-state index in [1.807, 2.05) is 6.07 Å². The molecule has 0 radical (unpaired) electrons. The van der Waals surface area contributed by atoms with E-state index in [-0.39, 0.29) is 0 Å². The number of morpholine rings is 1. The van der Waals surface area contributed by atoms with Gasteiger partial charge in [0.2, 0.25) is 0 Å². The summed E-state index contributed by atoms with van der Waals surface area (Å²) in [7, 11) is 1.73. The summed E-state index contributed by atoms with van der Waals surface area (Å²) in [6.07, 6.45) is 0. The Morgan fingerprint density at radius 1 is 1.35 bits per heavy atom. The normalized spacial score (nSPS) is 17.9. The minimum atomic E-state index is 0.297. The molecule has 1 atom stereocenters. The molecule has 4 nitrogen and oxygen atoms in total. The van der Waals surface area contributed by atoms with E-state index in [0.29, 0.717) is 6.04 Å². The summed E-state index contributed by atoms with van der Waals surface area (Å²) in [6, 6.07) is 6.63. The smallest absolute Gasteiger partial charge is 0.123 e. The summed E-state index contributed by atoms with van der Waals surface area (Å²) in [5.41, 5.74) is 2.50. The number of hydrogen-bond acceptors (Lipinski definition) is 4. The molecule has 1 heterocycles. The largest absolute Gasteiger partial charge is 0.496 e. The quantitative estimate of drug-likeness (QED) is 0.863. The van der Waals surface area contributed by atoms with Crippen molar-refractivity contribution in [3.63, 3.8) is 0 Å². The SMILES string of the molecule is COc1ccc(C)cc1C(C)NCCN1CCOCC1. The van der Waals surface area contributed by atoms with Gasteiger partial charge >= 0.3 is 0 Å². The van der Waals surface area contributed by atoms with Gasteiger partial charge in [0.05, 0.1) is 20.3 Å². The summed E-state index contributed by atoms with van der Waals surface area (Å²) < 4.78 is 10.8. The van der Waals surface area contributed by atoms with Crippen LogP contribution in [-0.2, 0) is 4.74 Å². The third-order valence-corrected chi connectivity index (χ3v) is 3.83. The highest BCUT2D eigenvalue weighted by Gasteiger charge is 2.13. The Balaban J connectivity index is 1.84. The van der Waals surface area contributed by atoms with Gasteiger partial charge in [-0.15, -0.1) is 0 Å². The molecule has 20 heavy (non-hydrogen) atoms. The van der Waals surface area contributed by atoms with Gasteiger partial charge in [-0.1, -0.05) is 17.7 Å². The standard InChI is InChI=1S/C16H26N2O2/c1-13-4-5-16(19-3)15(12-13)14(2)17-6-7-18-8-10-20-11-9-18/h4-5,12,14,17H,6-11H2,1-3H3. The molecule has 0 spiro atoms. The van der Waals surface area contributed by atoms with Crippen molar-refractivity contribution in [3.05, 3.63) is 29.3 Å². The maximum atomic E-state index is 5.45. The minimum absolute atomic E-state index is 0.297. The van der Waals surface area contributed by atoms with Crippen molar-refractivity contribution in [2.45, 2.75) is 19.9 Å². The molecule has 1 unspecified atom stereocenters. The van der Waals surface area contributed by atoms with Gasteiger partial charge in [0.15, 0.2) is 0 Å². The van der Waals surface area contributed by atoms with Crippen LogP contribution in [0.25, 0.3) is 0 Å². The molecule has 0 saturated carbocycles. The number of aryl methyl sites for hydroxylation is 1. The Morgan fingerprint density at radius 3 is 2.80 bits per heavy atom. The fourth-order valence-corrected chi connectivity index (χ4v) is 2.57. The highest BCUT2D eigenvalue weighted by Crippen LogP contribution is 2.25. The summed E-state index contributed by atoms with van der Waals surface area (Å²) in [5.74, 6) is 0.960. The maximum absolute atomic E-state index is 5.45. The number of benzene rings is 1. The molecular weight excluding hydrogens is 252 g/mol. The lowest BCUT2D eigenvalue weighted by Gasteiger charge is -2.27. The van der Waals surface area contributed by atoms with Crippen LogP contribution in [0.3, 0.4) is 0 Å². The minimum Gasteiger partial charge on any atom is -0.496 e. The molecule has 0 aromatic heterocycles. The van der Waals surface area contributed by atoms with Crippen LogP contribution in [0.2, 0.25) is 0 Å². The monoisotopic (exact) mass is 278 g/mol. The number of nitrogens with zero attached hydrogens (tertiary/aromatic N) is 1. The van der Waals surface area contributed by atoms with Gasteiger partial charge in [0, 0.05) is 37.8 Å². The van der Waals surface area contributed by atoms with E-state index in [1.165, 1.54) is 11.1 Å². The predicted molar refractivity (Wildman–Crippen MR) is 81.4 cm³/mol. The van der Waals surface area contributed by atoms with Gasteiger partial charge in [-0.05, 0) is 19.9 Å². The third kappa shape index (κ3) is 4.20. The highest BCUT2D eigenvalue weighted by molar-refractivity contribution is 5.38. The molecule has 1 fully saturated rings. The Hall–Kier alpha value is -1.10. The second-order valence-corrected chi connectivity index (χ2v) is 5.38. The third-order valence-electron chi connectivity index (χ3n) is 3.83. The average molecular weight is 278 g/mol. The first-order valence-corrected chi connectivity index (χ1v) is 7.38. The van der Waals surface area contributed by atoms with Crippen molar-refractivity contribution in [1.29, 1.82) is 0 Å². The van der Waals surface area contributed by atoms with Crippen molar-refractivity contribution >= 4 is 0 Å². The molecule has 0 amide bonds. The average Bonchev–Trinajstić information content (AvgIpc) is 2.48. The van der Waals surface area contributed by atoms with Crippen molar-refractivity contribution in [3.8, 4) is 5.75 Å². The van der Waals surface area contributed by atoms with Gasteiger partial charge in [0.1, 0.15) is 5.75 Å². The van der Waals surface area contributed by atoms with E-state index in [1.54, 1.807) is 7.11 Å². The zero-order valence-corrected chi connectivity index (χ0v) is 12.8. The lowest BCUT2D eigenvalue weighted by Crippen LogP contribution is -2.40. The zero-order chi connectivity index (χ0) is 14.4. The summed E-state index contributed by atoms with van der Waals surface area (Å²) >= 11 is 0. The van der Waals surface area contributed by atoms with Gasteiger partial charge in [-0.3, -0.25) is 4.90 Å². The number of nitrogens with one attached hydrogen (secondary N) is 1. The highest BCUT2D eigenvalue weighted by atomic mass is 16.5. The van der Waals surface area contributed by atoms with Crippen LogP contribution in [0.5, 0.6) is 5.75 Å². The molecule has 2 rings (SSSR count). The zero-order valence-electron chi connectivity index (χ0n) is 12.8. The van der Waals surface area contributed by atoms with E-state index in [2.05, 4.69) is 36.2 Å². The molecule has 112 valence electrons. The molecule has 1 aromatic carbocycles. The van der Waals surface area contributed by atoms with Crippen molar-refractivity contribution in [2.75, 3.05) is 46.5 Å². The Morgan fingerprint density at radius 2 is 2.10 bits per heavy atom. The summed E-state index contributed by atoms with van der Waals surface area (Å²) in [4.78, 5) is 2.44. The maximum Gasteiger partial charge on any atom is 0.123 e. The lowest BCUT2D eigenvalue weighted by atomic mass is 10.0. The second kappa shape index (κ2) is 7.62. The van der Waals surface area contributed by atoms with Crippen LogP contribution in [0.1, 0.15) is 24.1 Å². The first-order valence-electron chi connectivity index (χ1n) is 7.38. The molecule has 1 aromatic rings. The van der Waals surface area contributed by atoms with Crippen molar-refractivity contribution in [1.82, 2.24) is 10.2 Å². The number of rotatable bonds is 6. The fraction of sp³-hybridized carbons (Fsp3) is 0.625. The molecular formula is C16H26N2O2. The van der Waals surface area contributed by atoms with Crippen LogP contribution in [0.4, 0.5) is 0 Å². The topological polar surface area (TPSA) is 33.7 Å². The summed E-state index contributed by atoms with van der Waals surface area (Å²) in [6.45, 7) is 10.2. The van der Waals surface area contributed by atoms with E-state index >= 15 is 0 Å². The van der Waals surface area contributed by atoms with Gasteiger partial charge < -0.3 is 14.8 Å². The second-order valence-electron chi connectivity index (χ2n) is 5.38. The number of methoxy groups -OCH3 is 1. The molecule has 0 bridgehead atoms. The van der Waals surface area contributed by atoms with Gasteiger partial charge in [0.25, 0.3) is 0 Å². The summed E-state index contributed by atoms with van der Waals surface area (Å²) in [5, 5.41) is 3.59. The van der Waals surface area contributed by atoms with Crippen LogP contribution in [0.15, 0.2) is 18.2 Å². The van der Waals surface area contributed by atoms with E-state index < -0.39 is 0 Å².